The van der Waals surface area contributed by atoms with Gasteiger partial charge in [-0.25, -0.2) is 4.98 Å². The Morgan fingerprint density at radius 3 is 3.00 bits per heavy atom. The minimum Gasteiger partial charge on any atom is -0.494 e. The van der Waals surface area contributed by atoms with Crippen molar-refractivity contribution in [3.63, 3.8) is 0 Å². The first kappa shape index (κ1) is 18.5. The minimum absolute atomic E-state index is 0.722. The third-order valence-electron chi connectivity index (χ3n) is 5.95. The van der Waals surface area contributed by atoms with Crippen LogP contribution in [0.25, 0.3) is 0 Å². The van der Waals surface area contributed by atoms with Crippen molar-refractivity contribution in [1.29, 1.82) is 0 Å². The number of piperidine rings is 1. The van der Waals surface area contributed by atoms with E-state index in [0.29, 0.717) is 0 Å². The Bertz CT molecular complexity index is 687. The number of aromatic nitrogens is 2. The van der Waals surface area contributed by atoms with Crippen LogP contribution in [-0.2, 0) is 13.0 Å². The van der Waals surface area contributed by atoms with Crippen LogP contribution in [0.5, 0.6) is 5.75 Å². The number of fused-ring (bicyclic) bond motifs is 3. The molecule has 0 spiro atoms. The van der Waals surface area contributed by atoms with Gasteiger partial charge in [0.05, 0.1) is 12.9 Å². The summed E-state index contributed by atoms with van der Waals surface area (Å²) in [5.74, 6) is 1.02. The van der Waals surface area contributed by atoms with E-state index < -0.39 is 0 Å². The van der Waals surface area contributed by atoms with Gasteiger partial charge in [0.2, 0.25) is 0 Å². The van der Waals surface area contributed by atoms with Gasteiger partial charge in [-0.1, -0.05) is 18.6 Å². The Morgan fingerprint density at radius 2 is 2.07 bits per heavy atom. The third kappa shape index (κ3) is 5.33. The van der Waals surface area contributed by atoms with Crippen molar-refractivity contribution in [3.8, 4) is 5.75 Å². The Morgan fingerprint density at radius 1 is 1.07 bits per heavy atom. The Hall–Kier alpha value is -1.85. The zero-order valence-corrected chi connectivity index (χ0v) is 16.3. The van der Waals surface area contributed by atoms with Crippen LogP contribution in [0.15, 0.2) is 36.8 Å². The maximum absolute atomic E-state index is 6.02. The highest BCUT2D eigenvalue weighted by Gasteiger charge is 2.23. The molecule has 0 amide bonds. The number of ether oxygens (including phenoxy) is 1. The molecule has 0 radical (unpaired) electrons. The smallest absolute Gasteiger partial charge is 0.119 e. The van der Waals surface area contributed by atoms with Crippen molar-refractivity contribution < 1.29 is 4.74 Å². The zero-order chi connectivity index (χ0) is 18.3. The number of rotatable bonds is 2. The van der Waals surface area contributed by atoms with E-state index in [9.17, 15) is 0 Å². The second-order valence-electron chi connectivity index (χ2n) is 7.93. The van der Waals surface area contributed by atoms with Crippen molar-refractivity contribution in [2.45, 2.75) is 51.1 Å². The molecule has 1 N–H and O–H groups in total. The topological polar surface area (TPSA) is 44.4 Å². The summed E-state index contributed by atoms with van der Waals surface area (Å²) < 4.78 is 6.02. The molecule has 2 aromatic rings. The van der Waals surface area contributed by atoms with E-state index in [2.05, 4.69) is 44.0 Å². The van der Waals surface area contributed by atoms with Crippen molar-refractivity contribution in [3.05, 3.63) is 48.0 Å². The van der Waals surface area contributed by atoms with Gasteiger partial charge in [0, 0.05) is 44.1 Å². The highest BCUT2D eigenvalue weighted by Crippen LogP contribution is 2.23. The van der Waals surface area contributed by atoms with Gasteiger partial charge in [-0.05, 0) is 56.3 Å². The molecular formula is C22H32N4O. The summed E-state index contributed by atoms with van der Waals surface area (Å²) in [6.45, 7) is 6.30. The standard InChI is InChI=1S/C22H32N4O/c1-2-11-26-13-12-25(17-20-16-23-18-24-20)10-4-14-27-22-7-3-5-19(15-22)8-9-21(26)6-1/h3,5,7,15-16,18,21H,1-2,4,6,8-14,17H2,(H,23,24). The fourth-order valence-corrected chi connectivity index (χ4v) is 4.44. The van der Waals surface area contributed by atoms with E-state index in [1.54, 1.807) is 6.33 Å². The summed E-state index contributed by atoms with van der Waals surface area (Å²) in [4.78, 5) is 12.7. The first-order valence-electron chi connectivity index (χ1n) is 10.5. The lowest BCUT2D eigenvalue weighted by Gasteiger charge is -2.37. The predicted octanol–water partition coefficient (Wildman–Crippen LogP) is 3.48. The highest BCUT2D eigenvalue weighted by molar-refractivity contribution is 5.28. The molecule has 27 heavy (non-hydrogen) atoms. The number of benzene rings is 1. The van der Waals surface area contributed by atoms with Crippen molar-refractivity contribution in [2.75, 3.05) is 32.8 Å². The van der Waals surface area contributed by atoms with E-state index in [0.717, 1.165) is 50.9 Å². The number of imidazole rings is 1. The largest absolute Gasteiger partial charge is 0.494 e. The van der Waals surface area contributed by atoms with Crippen LogP contribution in [0.2, 0.25) is 0 Å². The average molecular weight is 369 g/mol. The summed E-state index contributed by atoms with van der Waals surface area (Å²) in [6.07, 6.45) is 11.2. The van der Waals surface area contributed by atoms with Crippen LogP contribution in [0.1, 0.15) is 43.4 Å². The lowest BCUT2D eigenvalue weighted by Crippen LogP contribution is -2.44. The molecule has 1 fully saturated rings. The number of aryl methyl sites for hydroxylation is 1. The lowest BCUT2D eigenvalue weighted by atomic mass is 9.95. The Kier molecular flexibility index (Phi) is 6.43. The van der Waals surface area contributed by atoms with Crippen LogP contribution in [-0.4, -0.2) is 58.6 Å². The van der Waals surface area contributed by atoms with Crippen LogP contribution < -0.4 is 4.74 Å². The summed E-state index contributed by atoms with van der Waals surface area (Å²) in [5.41, 5.74) is 2.61. The summed E-state index contributed by atoms with van der Waals surface area (Å²) in [7, 11) is 0. The van der Waals surface area contributed by atoms with Crippen molar-refractivity contribution >= 4 is 0 Å². The van der Waals surface area contributed by atoms with E-state index in [-0.39, 0.29) is 0 Å². The molecule has 0 saturated carbocycles. The molecule has 1 saturated heterocycles. The predicted molar refractivity (Wildman–Crippen MR) is 108 cm³/mol. The molecule has 2 bridgehead atoms. The zero-order valence-electron chi connectivity index (χ0n) is 16.3. The summed E-state index contributed by atoms with van der Waals surface area (Å²) in [6, 6.07) is 9.43. The summed E-state index contributed by atoms with van der Waals surface area (Å²) in [5, 5.41) is 0. The fraction of sp³-hybridized carbons (Fsp3) is 0.591. The van der Waals surface area contributed by atoms with Gasteiger partial charge >= 0.3 is 0 Å². The maximum atomic E-state index is 6.02. The number of nitrogens with zero attached hydrogens (tertiary/aromatic N) is 3. The lowest BCUT2D eigenvalue weighted by molar-refractivity contribution is 0.114. The van der Waals surface area contributed by atoms with Gasteiger partial charge in [0.1, 0.15) is 5.75 Å². The number of hydrogen-bond donors (Lipinski definition) is 1. The number of H-pyrrole nitrogens is 1. The second kappa shape index (κ2) is 9.38. The Labute approximate surface area is 162 Å². The third-order valence-corrected chi connectivity index (χ3v) is 5.95. The summed E-state index contributed by atoms with van der Waals surface area (Å²) >= 11 is 0. The molecule has 2 aliphatic heterocycles. The molecule has 1 atom stereocenters. The molecule has 0 aliphatic carbocycles. The SMILES string of the molecule is c1cc2cc(c1)OCCCN(Cc1cnc[nH]1)CCN1CCCCC1CC2. The van der Waals surface area contributed by atoms with Gasteiger partial charge in [-0.3, -0.25) is 9.80 Å². The fourth-order valence-electron chi connectivity index (χ4n) is 4.44. The number of aromatic amines is 1. The van der Waals surface area contributed by atoms with E-state index in [4.69, 9.17) is 4.74 Å². The van der Waals surface area contributed by atoms with Crippen molar-refractivity contribution in [2.24, 2.45) is 0 Å². The minimum atomic E-state index is 0.722. The molecule has 3 heterocycles. The second-order valence-corrected chi connectivity index (χ2v) is 7.93. The van der Waals surface area contributed by atoms with Crippen LogP contribution in [0, 0.1) is 0 Å². The van der Waals surface area contributed by atoms with Gasteiger partial charge in [-0.15, -0.1) is 0 Å². The van der Waals surface area contributed by atoms with Crippen molar-refractivity contribution in [1.82, 2.24) is 19.8 Å². The van der Waals surface area contributed by atoms with Gasteiger partial charge < -0.3 is 9.72 Å². The van der Waals surface area contributed by atoms with Gasteiger partial charge in [-0.2, -0.15) is 0 Å². The normalized spacial score (nSPS) is 23.2. The Balaban J connectivity index is 1.46. The van der Waals surface area contributed by atoms with E-state index in [1.165, 1.54) is 50.0 Å². The molecular weight excluding hydrogens is 336 g/mol. The highest BCUT2D eigenvalue weighted by atomic mass is 16.5. The first-order chi connectivity index (χ1) is 13.4. The van der Waals surface area contributed by atoms with E-state index in [1.807, 2.05) is 6.20 Å². The molecule has 1 aromatic carbocycles. The number of nitrogens with one attached hydrogen (secondary N) is 1. The van der Waals surface area contributed by atoms with Gasteiger partial charge in [0.15, 0.2) is 0 Å². The molecule has 5 nitrogen and oxygen atoms in total. The molecule has 4 rings (SSSR count). The first-order valence-corrected chi connectivity index (χ1v) is 10.5. The molecule has 1 unspecified atom stereocenters. The van der Waals surface area contributed by atoms with Gasteiger partial charge in [0.25, 0.3) is 0 Å². The molecule has 5 heteroatoms. The molecule has 1 aromatic heterocycles. The average Bonchev–Trinajstić information content (AvgIpc) is 3.21. The van der Waals surface area contributed by atoms with Crippen LogP contribution >= 0.6 is 0 Å². The number of hydrogen-bond acceptors (Lipinski definition) is 4. The van der Waals surface area contributed by atoms with Crippen LogP contribution in [0.3, 0.4) is 0 Å². The van der Waals surface area contributed by atoms with E-state index >= 15 is 0 Å². The quantitative estimate of drug-likeness (QED) is 0.881. The maximum Gasteiger partial charge on any atom is 0.119 e. The molecule has 2 aliphatic rings. The molecule has 146 valence electrons. The monoisotopic (exact) mass is 368 g/mol. The van der Waals surface area contributed by atoms with Crippen LogP contribution in [0.4, 0.5) is 0 Å².